The Labute approximate surface area is 76.9 Å². The van der Waals surface area contributed by atoms with E-state index in [1.54, 1.807) is 0 Å². The van der Waals surface area contributed by atoms with Crippen molar-refractivity contribution in [3.63, 3.8) is 0 Å². The van der Waals surface area contributed by atoms with Crippen LogP contribution in [0, 0.1) is 11.3 Å². The molecule has 1 aliphatic carbocycles. The molecule has 1 saturated carbocycles. The highest BCUT2D eigenvalue weighted by molar-refractivity contribution is 5.00. The molecule has 0 heterocycles. The summed E-state index contributed by atoms with van der Waals surface area (Å²) in [5, 5.41) is 3.40. The minimum atomic E-state index is 0.671. The van der Waals surface area contributed by atoms with Crippen LogP contribution in [0.15, 0.2) is 0 Å². The molecule has 0 aromatic heterocycles. The van der Waals surface area contributed by atoms with Crippen LogP contribution in [0.3, 0.4) is 0 Å². The third-order valence-corrected chi connectivity index (χ3v) is 3.70. The summed E-state index contributed by atoms with van der Waals surface area (Å²) in [6.45, 7) is 7.00. The van der Waals surface area contributed by atoms with Crippen LogP contribution in [-0.2, 0) is 0 Å². The van der Waals surface area contributed by atoms with Crippen LogP contribution in [0.25, 0.3) is 0 Å². The fourth-order valence-electron chi connectivity index (χ4n) is 2.12. The minimum Gasteiger partial charge on any atom is -0.317 e. The molecule has 72 valence electrons. The highest BCUT2D eigenvalue weighted by Gasteiger charge is 2.46. The molecule has 1 rings (SSSR count). The van der Waals surface area contributed by atoms with Crippen LogP contribution in [0.2, 0.25) is 0 Å². The van der Waals surface area contributed by atoms with E-state index < -0.39 is 0 Å². The molecule has 12 heavy (non-hydrogen) atoms. The molecule has 0 aromatic rings. The monoisotopic (exact) mass is 169 g/mol. The van der Waals surface area contributed by atoms with Gasteiger partial charge in [-0.2, -0.15) is 0 Å². The largest absolute Gasteiger partial charge is 0.317 e. The van der Waals surface area contributed by atoms with Crippen LogP contribution < -0.4 is 5.32 Å². The first-order valence-electron chi connectivity index (χ1n) is 5.32. The first-order chi connectivity index (χ1) is 5.64. The summed E-state index contributed by atoms with van der Waals surface area (Å²) in [5.41, 5.74) is 0.671. The Morgan fingerprint density at radius 1 is 1.33 bits per heavy atom. The molecular formula is C11H23N. The zero-order valence-corrected chi connectivity index (χ0v) is 8.98. The molecule has 0 radical (unpaired) electrons. The van der Waals surface area contributed by atoms with Gasteiger partial charge in [-0.05, 0) is 44.6 Å². The Bertz CT molecular complexity index is 138. The van der Waals surface area contributed by atoms with Gasteiger partial charge < -0.3 is 5.32 Å². The predicted molar refractivity (Wildman–Crippen MR) is 54.3 cm³/mol. The molecule has 1 nitrogen and oxygen atoms in total. The maximum atomic E-state index is 3.40. The predicted octanol–water partition coefficient (Wildman–Crippen LogP) is 2.81. The Morgan fingerprint density at radius 2 is 1.92 bits per heavy atom. The lowest BCUT2D eigenvalue weighted by atomic mass is 9.86. The molecule has 0 aromatic carbocycles. The molecule has 1 heteroatoms. The van der Waals surface area contributed by atoms with Crippen molar-refractivity contribution in [2.75, 3.05) is 7.05 Å². The highest BCUT2D eigenvalue weighted by atomic mass is 14.9. The molecular weight excluding hydrogens is 146 g/mol. The van der Waals surface area contributed by atoms with Crippen molar-refractivity contribution in [2.24, 2.45) is 11.3 Å². The van der Waals surface area contributed by atoms with E-state index in [0.29, 0.717) is 11.5 Å². The van der Waals surface area contributed by atoms with E-state index in [0.717, 1.165) is 5.92 Å². The molecule has 1 aliphatic rings. The molecule has 0 aliphatic heterocycles. The van der Waals surface area contributed by atoms with Crippen LogP contribution in [0.1, 0.15) is 46.5 Å². The van der Waals surface area contributed by atoms with Gasteiger partial charge in [0.1, 0.15) is 0 Å². The molecule has 0 bridgehead atoms. The minimum absolute atomic E-state index is 0.671. The SMILES string of the molecule is CCC(C)CC1(C(C)NC)CC1. The Kier molecular flexibility index (Phi) is 3.16. The average Bonchev–Trinajstić information content (AvgIpc) is 2.84. The number of hydrogen-bond donors (Lipinski definition) is 1. The molecule has 0 saturated heterocycles. The van der Waals surface area contributed by atoms with Gasteiger partial charge in [0, 0.05) is 6.04 Å². The average molecular weight is 169 g/mol. The van der Waals surface area contributed by atoms with Gasteiger partial charge in [0.25, 0.3) is 0 Å². The van der Waals surface area contributed by atoms with E-state index in [9.17, 15) is 0 Å². The molecule has 0 amide bonds. The van der Waals surface area contributed by atoms with Crippen molar-refractivity contribution in [3.8, 4) is 0 Å². The highest BCUT2D eigenvalue weighted by Crippen LogP contribution is 2.53. The summed E-state index contributed by atoms with van der Waals surface area (Å²) < 4.78 is 0. The zero-order valence-electron chi connectivity index (χ0n) is 8.98. The standard InChI is InChI=1S/C11H23N/c1-5-9(2)8-11(6-7-11)10(3)12-4/h9-10,12H,5-8H2,1-4H3. The first-order valence-corrected chi connectivity index (χ1v) is 5.32. The van der Waals surface area contributed by atoms with E-state index in [2.05, 4.69) is 33.1 Å². The zero-order chi connectivity index (χ0) is 9.19. The Morgan fingerprint density at radius 3 is 2.25 bits per heavy atom. The van der Waals surface area contributed by atoms with E-state index in [4.69, 9.17) is 0 Å². The second kappa shape index (κ2) is 3.78. The smallest absolute Gasteiger partial charge is 0.00922 e. The maximum absolute atomic E-state index is 3.40. The van der Waals surface area contributed by atoms with Gasteiger partial charge in [0.15, 0.2) is 0 Å². The fraction of sp³-hybridized carbons (Fsp3) is 1.00. The van der Waals surface area contributed by atoms with Gasteiger partial charge in [-0.15, -0.1) is 0 Å². The lowest BCUT2D eigenvalue weighted by Gasteiger charge is -2.25. The van der Waals surface area contributed by atoms with Crippen molar-refractivity contribution >= 4 is 0 Å². The van der Waals surface area contributed by atoms with Crippen LogP contribution in [-0.4, -0.2) is 13.1 Å². The normalized spacial score (nSPS) is 25.0. The van der Waals surface area contributed by atoms with Crippen molar-refractivity contribution in [2.45, 2.75) is 52.5 Å². The van der Waals surface area contributed by atoms with Gasteiger partial charge in [-0.1, -0.05) is 20.3 Å². The van der Waals surface area contributed by atoms with Crippen LogP contribution >= 0.6 is 0 Å². The number of hydrogen-bond acceptors (Lipinski definition) is 1. The third kappa shape index (κ3) is 2.01. The number of nitrogens with one attached hydrogen (secondary N) is 1. The van der Waals surface area contributed by atoms with Crippen molar-refractivity contribution in [1.82, 2.24) is 5.32 Å². The maximum Gasteiger partial charge on any atom is 0.00922 e. The fourth-order valence-corrected chi connectivity index (χ4v) is 2.12. The Hall–Kier alpha value is -0.0400. The molecule has 2 atom stereocenters. The van der Waals surface area contributed by atoms with Gasteiger partial charge >= 0.3 is 0 Å². The molecule has 0 spiro atoms. The summed E-state index contributed by atoms with van der Waals surface area (Å²) in [6, 6.07) is 0.714. The first kappa shape index (κ1) is 10.0. The summed E-state index contributed by atoms with van der Waals surface area (Å²) in [6.07, 6.45) is 5.64. The lowest BCUT2D eigenvalue weighted by Crippen LogP contribution is -2.32. The van der Waals surface area contributed by atoms with Gasteiger partial charge in [-0.25, -0.2) is 0 Å². The van der Waals surface area contributed by atoms with Crippen molar-refractivity contribution in [1.29, 1.82) is 0 Å². The van der Waals surface area contributed by atoms with Crippen molar-refractivity contribution < 1.29 is 0 Å². The van der Waals surface area contributed by atoms with E-state index in [-0.39, 0.29) is 0 Å². The number of rotatable bonds is 5. The lowest BCUT2D eigenvalue weighted by molar-refractivity contribution is 0.292. The van der Waals surface area contributed by atoms with Gasteiger partial charge in [0.2, 0.25) is 0 Å². The summed E-state index contributed by atoms with van der Waals surface area (Å²) in [4.78, 5) is 0. The third-order valence-electron chi connectivity index (χ3n) is 3.70. The second-order valence-electron chi connectivity index (χ2n) is 4.59. The summed E-state index contributed by atoms with van der Waals surface area (Å²) in [5.74, 6) is 0.906. The Balaban J connectivity index is 2.39. The van der Waals surface area contributed by atoms with Crippen LogP contribution in [0.4, 0.5) is 0 Å². The molecule has 1 fully saturated rings. The summed E-state index contributed by atoms with van der Waals surface area (Å²) >= 11 is 0. The molecule has 2 unspecified atom stereocenters. The van der Waals surface area contributed by atoms with Gasteiger partial charge in [-0.3, -0.25) is 0 Å². The second-order valence-corrected chi connectivity index (χ2v) is 4.59. The molecule has 1 N–H and O–H groups in total. The van der Waals surface area contributed by atoms with Crippen LogP contribution in [0.5, 0.6) is 0 Å². The van der Waals surface area contributed by atoms with Gasteiger partial charge in [0.05, 0.1) is 0 Å². The van der Waals surface area contributed by atoms with E-state index in [1.807, 2.05) is 0 Å². The van der Waals surface area contributed by atoms with Crippen molar-refractivity contribution in [3.05, 3.63) is 0 Å². The quantitative estimate of drug-likeness (QED) is 0.667. The van der Waals surface area contributed by atoms with E-state index >= 15 is 0 Å². The van der Waals surface area contributed by atoms with E-state index in [1.165, 1.54) is 25.7 Å². The topological polar surface area (TPSA) is 12.0 Å². The summed E-state index contributed by atoms with van der Waals surface area (Å²) in [7, 11) is 2.08.